The molecule has 0 aromatic heterocycles. The third-order valence-electron chi connectivity index (χ3n) is 3.47. The van der Waals surface area contributed by atoms with Crippen molar-refractivity contribution in [3.05, 3.63) is 58.6 Å². The van der Waals surface area contributed by atoms with Crippen LogP contribution in [0.5, 0.6) is 5.75 Å². The molecule has 0 aliphatic rings. The van der Waals surface area contributed by atoms with Gasteiger partial charge in [0.1, 0.15) is 10.6 Å². The summed E-state index contributed by atoms with van der Waals surface area (Å²) in [5, 5.41) is 0. The van der Waals surface area contributed by atoms with Crippen LogP contribution in [0.25, 0.3) is 0 Å². The van der Waals surface area contributed by atoms with E-state index in [9.17, 15) is 8.42 Å². The van der Waals surface area contributed by atoms with Gasteiger partial charge in [0.25, 0.3) is 0 Å². The Kier molecular flexibility index (Phi) is 5.84. The molecule has 0 aliphatic carbocycles. The molecule has 0 unspecified atom stereocenters. The van der Waals surface area contributed by atoms with E-state index < -0.39 is 10.0 Å². The van der Waals surface area contributed by atoms with Crippen molar-refractivity contribution in [1.29, 1.82) is 0 Å². The first kappa shape index (κ1) is 18.0. The van der Waals surface area contributed by atoms with Gasteiger partial charge in [-0.1, -0.05) is 46.3 Å². The number of hydrogen-bond acceptors (Lipinski definition) is 3. The van der Waals surface area contributed by atoms with E-state index in [1.165, 1.54) is 11.4 Å². The number of nitrogens with zero attached hydrogens (tertiary/aromatic N) is 1. The van der Waals surface area contributed by atoms with Crippen LogP contribution >= 0.6 is 15.9 Å². The second-order valence-electron chi connectivity index (χ2n) is 5.42. The van der Waals surface area contributed by atoms with Gasteiger partial charge >= 0.3 is 0 Å². The Hall–Kier alpha value is -1.37. The lowest BCUT2D eigenvalue weighted by Gasteiger charge is -2.27. The van der Waals surface area contributed by atoms with Crippen LogP contribution in [0.2, 0.25) is 0 Å². The van der Waals surface area contributed by atoms with Gasteiger partial charge in [-0.15, -0.1) is 0 Å². The highest BCUT2D eigenvalue weighted by molar-refractivity contribution is 9.10. The number of ether oxygens (including phenoxy) is 1. The van der Waals surface area contributed by atoms with E-state index in [1.807, 2.05) is 44.2 Å². The first-order valence-electron chi connectivity index (χ1n) is 7.25. The summed E-state index contributed by atoms with van der Waals surface area (Å²) in [6, 6.07) is 14.4. The molecule has 0 aliphatic heterocycles. The summed E-state index contributed by atoms with van der Waals surface area (Å²) in [6.45, 7) is 4.05. The molecule has 124 valence electrons. The monoisotopic (exact) mass is 397 g/mol. The molecule has 0 amide bonds. The van der Waals surface area contributed by atoms with Crippen molar-refractivity contribution in [3.8, 4) is 5.75 Å². The number of sulfonamides is 1. The minimum absolute atomic E-state index is 0.166. The molecule has 6 heteroatoms. The van der Waals surface area contributed by atoms with E-state index in [0.29, 0.717) is 16.8 Å². The maximum absolute atomic E-state index is 13.1. The van der Waals surface area contributed by atoms with Gasteiger partial charge in [0.15, 0.2) is 0 Å². The summed E-state index contributed by atoms with van der Waals surface area (Å²) in [6.07, 6.45) is 0. The van der Waals surface area contributed by atoms with Crippen LogP contribution in [0.15, 0.2) is 57.9 Å². The lowest BCUT2D eigenvalue weighted by Crippen LogP contribution is -2.36. The number of methoxy groups -OCH3 is 1. The molecule has 2 aromatic rings. The van der Waals surface area contributed by atoms with Gasteiger partial charge in [-0.25, -0.2) is 8.42 Å². The highest BCUT2D eigenvalue weighted by atomic mass is 79.9. The smallest absolute Gasteiger partial charge is 0.247 e. The lowest BCUT2D eigenvalue weighted by atomic mass is 10.2. The highest BCUT2D eigenvalue weighted by Crippen LogP contribution is 2.31. The Balaban J connectivity index is 2.47. The van der Waals surface area contributed by atoms with Crippen LogP contribution in [-0.2, 0) is 16.6 Å². The minimum atomic E-state index is -3.69. The molecule has 2 aromatic carbocycles. The topological polar surface area (TPSA) is 46.6 Å². The summed E-state index contributed by atoms with van der Waals surface area (Å²) in [7, 11) is -2.21. The van der Waals surface area contributed by atoms with Crippen molar-refractivity contribution in [2.75, 3.05) is 7.11 Å². The van der Waals surface area contributed by atoms with Crippen LogP contribution in [-0.4, -0.2) is 25.9 Å². The van der Waals surface area contributed by atoms with E-state index in [4.69, 9.17) is 4.74 Å². The fourth-order valence-electron chi connectivity index (χ4n) is 2.29. The molecule has 0 saturated carbocycles. The second kappa shape index (κ2) is 7.47. The van der Waals surface area contributed by atoms with Crippen molar-refractivity contribution in [1.82, 2.24) is 4.31 Å². The van der Waals surface area contributed by atoms with Crippen molar-refractivity contribution < 1.29 is 13.2 Å². The molecular weight excluding hydrogens is 378 g/mol. The molecule has 0 fully saturated rings. The molecular formula is C17H20BrNO3S. The van der Waals surface area contributed by atoms with Crippen molar-refractivity contribution in [2.24, 2.45) is 0 Å². The zero-order valence-corrected chi connectivity index (χ0v) is 15.8. The lowest BCUT2D eigenvalue weighted by molar-refractivity contribution is 0.343. The summed E-state index contributed by atoms with van der Waals surface area (Å²) < 4.78 is 33.7. The van der Waals surface area contributed by atoms with Gasteiger partial charge in [0, 0.05) is 17.1 Å². The predicted octanol–water partition coefficient (Wildman–Crippen LogP) is 4.06. The van der Waals surface area contributed by atoms with E-state index >= 15 is 0 Å². The Labute approximate surface area is 146 Å². The van der Waals surface area contributed by atoms with Crippen LogP contribution in [0, 0.1) is 0 Å². The SMILES string of the molecule is COc1ccc(Br)cc1S(=O)(=O)N(Cc1ccccc1)C(C)C. The van der Waals surface area contributed by atoms with Gasteiger partial charge in [0.05, 0.1) is 7.11 Å². The molecule has 0 bridgehead atoms. The molecule has 0 N–H and O–H groups in total. The van der Waals surface area contributed by atoms with E-state index in [2.05, 4.69) is 15.9 Å². The average molecular weight is 398 g/mol. The van der Waals surface area contributed by atoms with E-state index in [-0.39, 0.29) is 10.9 Å². The molecule has 23 heavy (non-hydrogen) atoms. The minimum Gasteiger partial charge on any atom is -0.495 e. The zero-order valence-electron chi connectivity index (χ0n) is 13.4. The predicted molar refractivity (Wildman–Crippen MR) is 95.0 cm³/mol. The van der Waals surface area contributed by atoms with Crippen molar-refractivity contribution in [3.63, 3.8) is 0 Å². The molecule has 4 nitrogen and oxygen atoms in total. The maximum Gasteiger partial charge on any atom is 0.247 e. The summed E-state index contributed by atoms with van der Waals surface area (Å²) in [4.78, 5) is 0.166. The fourth-order valence-corrected chi connectivity index (χ4v) is 4.61. The number of benzene rings is 2. The maximum atomic E-state index is 13.1. The van der Waals surface area contributed by atoms with Crippen molar-refractivity contribution in [2.45, 2.75) is 31.3 Å². The van der Waals surface area contributed by atoms with Crippen LogP contribution in [0.1, 0.15) is 19.4 Å². The number of hydrogen-bond donors (Lipinski definition) is 0. The third kappa shape index (κ3) is 4.13. The molecule has 0 spiro atoms. The van der Waals surface area contributed by atoms with E-state index in [1.54, 1.807) is 18.2 Å². The highest BCUT2D eigenvalue weighted by Gasteiger charge is 2.30. The quantitative estimate of drug-likeness (QED) is 0.738. The van der Waals surface area contributed by atoms with Crippen LogP contribution in [0.4, 0.5) is 0 Å². The number of rotatable bonds is 6. The van der Waals surface area contributed by atoms with Gasteiger partial charge in [-0.05, 0) is 37.6 Å². The zero-order chi connectivity index (χ0) is 17.0. The Morgan fingerprint density at radius 2 is 1.78 bits per heavy atom. The standard InChI is InChI=1S/C17H20BrNO3S/c1-13(2)19(12-14-7-5-4-6-8-14)23(20,21)17-11-15(18)9-10-16(17)22-3/h4-11,13H,12H2,1-3H3. The van der Waals surface area contributed by atoms with Crippen LogP contribution < -0.4 is 4.74 Å². The molecule has 0 saturated heterocycles. The Morgan fingerprint density at radius 3 is 2.35 bits per heavy atom. The van der Waals surface area contributed by atoms with E-state index in [0.717, 1.165) is 5.56 Å². The molecule has 2 rings (SSSR count). The third-order valence-corrected chi connectivity index (χ3v) is 6.01. The Bertz CT molecular complexity index is 761. The first-order chi connectivity index (χ1) is 10.9. The first-order valence-corrected chi connectivity index (χ1v) is 9.49. The molecule has 0 radical (unpaired) electrons. The average Bonchev–Trinajstić information content (AvgIpc) is 2.53. The molecule has 0 heterocycles. The fraction of sp³-hybridized carbons (Fsp3) is 0.294. The largest absolute Gasteiger partial charge is 0.495 e. The van der Waals surface area contributed by atoms with Crippen molar-refractivity contribution >= 4 is 26.0 Å². The van der Waals surface area contributed by atoms with Crippen LogP contribution in [0.3, 0.4) is 0 Å². The van der Waals surface area contributed by atoms with Gasteiger partial charge in [-0.2, -0.15) is 4.31 Å². The van der Waals surface area contributed by atoms with Gasteiger partial charge < -0.3 is 4.74 Å². The van der Waals surface area contributed by atoms with Gasteiger partial charge in [-0.3, -0.25) is 0 Å². The molecule has 0 atom stereocenters. The summed E-state index contributed by atoms with van der Waals surface area (Å²) in [5.74, 6) is 0.340. The number of halogens is 1. The summed E-state index contributed by atoms with van der Waals surface area (Å²) >= 11 is 3.33. The summed E-state index contributed by atoms with van der Waals surface area (Å²) in [5.41, 5.74) is 0.943. The second-order valence-corrected chi connectivity index (χ2v) is 8.20. The normalized spacial score (nSPS) is 11.9. The Morgan fingerprint density at radius 1 is 1.13 bits per heavy atom. The van der Waals surface area contributed by atoms with Gasteiger partial charge in [0.2, 0.25) is 10.0 Å².